The summed E-state index contributed by atoms with van der Waals surface area (Å²) >= 11 is 6.27. The molecule has 1 atom stereocenters. The van der Waals surface area contributed by atoms with E-state index in [1.807, 2.05) is 18.2 Å². The lowest BCUT2D eigenvalue weighted by Crippen LogP contribution is -2.11. The first-order valence-electron chi connectivity index (χ1n) is 10.0. The third kappa shape index (κ3) is 4.74. The molecule has 3 aromatic rings. The van der Waals surface area contributed by atoms with E-state index in [1.165, 1.54) is 5.56 Å². The molecule has 0 saturated heterocycles. The largest absolute Gasteiger partial charge is 0.436 e. The lowest BCUT2D eigenvalue weighted by Gasteiger charge is -2.08. The third-order valence-corrected chi connectivity index (χ3v) is 5.42. The molecule has 0 fully saturated rings. The van der Waals surface area contributed by atoms with Crippen LogP contribution in [-0.2, 0) is 4.79 Å². The highest BCUT2D eigenvalue weighted by molar-refractivity contribution is 6.33. The van der Waals surface area contributed by atoms with Gasteiger partial charge in [0.25, 0.3) is 0 Å². The highest BCUT2D eigenvalue weighted by Crippen LogP contribution is 2.32. The third-order valence-electron chi connectivity index (χ3n) is 5.09. The summed E-state index contributed by atoms with van der Waals surface area (Å²) in [6.07, 6.45) is 4.58. The molecule has 148 valence electrons. The molecule has 0 unspecified atom stereocenters. The van der Waals surface area contributed by atoms with Crippen molar-refractivity contribution in [3.05, 3.63) is 47.0 Å². The Morgan fingerprint density at radius 1 is 1.18 bits per heavy atom. The number of carbonyl (C=O) groups excluding carboxylic acids is 1. The first-order valence-corrected chi connectivity index (χ1v) is 10.4. The Kier molecular flexibility index (Phi) is 6.74. The Balaban J connectivity index is 1.84. The average molecular weight is 399 g/mol. The fraction of sp³-hybridized carbons (Fsp3) is 0.391. The molecule has 28 heavy (non-hydrogen) atoms. The zero-order valence-corrected chi connectivity index (χ0v) is 17.5. The van der Waals surface area contributed by atoms with Gasteiger partial charge in [-0.15, -0.1) is 0 Å². The highest BCUT2D eigenvalue weighted by Gasteiger charge is 2.13. The summed E-state index contributed by atoms with van der Waals surface area (Å²) in [4.78, 5) is 16.8. The van der Waals surface area contributed by atoms with E-state index in [-0.39, 0.29) is 5.91 Å². The lowest BCUT2D eigenvalue weighted by molar-refractivity contribution is -0.116. The van der Waals surface area contributed by atoms with Crippen LogP contribution in [-0.4, -0.2) is 10.9 Å². The molecule has 0 radical (unpaired) electrons. The van der Waals surface area contributed by atoms with E-state index in [0.29, 0.717) is 28.9 Å². The number of fused-ring (bicyclic) bond motifs is 1. The van der Waals surface area contributed by atoms with Gasteiger partial charge in [0, 0.05) is 12.0 Å². The summed E-state index contributed by atoms with van der Waals surface area (Å²) in [6.45, 7) is 6.50. The molecule has 3 rings (SSSR count). The van der Waals surface area contributed by atoms with E-state index in [1.54, 1.807) is 6.07 Å². The predicted octanol–water partition coefficient (Wildman–Crippen LogP) is 7.18. The van der Waals surface area contributed by atoms with E-state index < -0.39 is 0 Å². The van der Waals surface area contributed by atoms with Crippen LogP contribution in [0.15, 0.2) is 40.8 Å². The Labute approximate surface area is 171 Å². The van der Waals surface area contributed by atoms with Crippen molar-refractivity contribution in [2.45, 2.75) is 58.8 Å². The molecule has 1 aromatic heterocycles. The van der Waals surface area contributed by atoms with E-state index >= 15 is 0 Å². The van der Waals surface area contributed by atoms with Crippen molar-refractivity contribution in [3.8, 4) is 11.5 Å². The number of aromatic nitrogens is 1. The second kappa shape index (κ2) is 9.24. The Hall–Kier alpha value is -2.33. The van der Waals surface area contributed by atoms with Crippen LogP contribution >= 0.6 is 11.6 Å². The van der Waals surface area contributed by atoms with Gasteiger partial charge in [-0.3, -0.25) is 4.79 Å². The molecule has 0 saturated carbocycles. The summed E-state index contributed by atoms with van der Waals surface area (Å²) in [5, 5.41) is 3.41. The van der Waals surface area contributed by atoms with Crippen molar-refractivity contribution in [3.63, 3.8) is 0 Å². The Bertz CT molecular complexity index is 964. The van der Waals surface area contributed by atoms with Gasteiger partial charge in [-0.25, -0.2) is 4.98 Å². The van der Waals surface area contributed by atoms with Crippen LogP contribution in [0.4, 0.5) is 5.69 Å². The maximum atomic E-state index is 12.1. The summed E-state index contributed by atoms with van der Waals surface area (Å²) in [5.41, 5.74) is 4.22. The molecule has 1 N–H and O–H groups in total. The molecule has 0 aliphatic heterocycles. The molecule has 0 aliphatic rings. The zero-order valence-electron chi connectivity index (χ0n) is 16.7. The fourth-order valence-corrected chi connectivity index (χ4v) is 3.28. The van der Waals surface area contributed by atoms with Crippen molar-refractivity contribution < 1.29 is 9.21 Å². The molecule has 0 spiro atoms. The number of hydrogen-bond acceptors (Lipinski definition) is 3. The van der Waals surface area contributed by atoms with E-state index in [4.69, 9.17) is 16.0 Å². The van der Waals surface area contributed by atoms with Crippen molar-refractivity contribution >= 4 is 34.3 Å². The van der Waals surface area contributed by atoms with E-state index in [2.05, 4.69) is 43.2 Å². The van der Waals surface area contributed by atoms with E-state index in [9.17, 15) is 4.79 Å². The molecule has 2 aromatic carbocycles. The smallest absolute Gasteiger partial charge is 0.227 e. The van der Waals surface area contributed by atoms with Crippen LogP contribution in [0.2, 0.25) is 5.02 Å². The number of unbranched alkanes of at least 4 members (excludes halogenated alkanes) is 2. The maximum Gasteiger partial charge on any atom is 0.227 e. The van der Waals surface area contributed by atoms with Crippen molar-refractivity contribution in [2.24, 2.45) is 0 Å². The van der Waals surface area contributed by atoms with Crippen molar-refractivity contribution in [1.29, 1.82) is 0 Å². The zero-order chi connectivity index (χ0) is 20.1. The first-order chi connectivity index (χ1) is 13.5. The number of rotatable bonds is 8. The van der Waals surface area contributed by atoms with Gasteiger partial charge in [0.1, 0.15) is 5.52 Å². The van der Waals surface area contributed by atoms with Gasteiger partial charge in [-0.2, -0.15) is 0 Å². The Morgan fingerprint density at radius 2 is 2.00 bits per heavy atom. The number of nitrogens with one attached hydrogen (secondary N) is 1. The second-order valence-electron chi connectivity index (χ2n) is 7.26. The van der Waals surface area contributed by atoms with Gasteiger partial charge in [0.15, 0.2) is 5.58 Å². The van der Waals surface area contributed by atoms with Crippen LogP contribution < -0.4 is 5.32 Å². The molecular formula is C23H27ClN2O2. The minimum Gasteiger partial charge on any atom is -0.436 e. The van der Waals surface area contributed by atoms with Crippen LogP contribution in [0.5, 0.6) is 0 Å². The molecule has 5 heteroatoms. The second-order valence-corrected chi connectivity index (χ2v) is 7.66. The first kappa shape index (κ1) is 20.4. The van der Waals surface area contributed by atoms with Crippen LogP contribution in [0.3, 0.4) is 0 Å². The number of nitrogens with zero attached hydrogens (tertiary/aromatic N) is 1. The van der Waals surface area contributed by atoms with Gasteiger partial charge >= 0.3 is 0 Å². The summed E-state index contributed by atoms with van der Waals surface area (Å²) in [5.74, 6) is 0.979. The monoisotopic (exact) mass is 398 g/mol. The van der Waals surface area contributed by atoms with Crippen molar-refractivity contribution in [2.75, 3.05) is 5.32 Å². The van der Waals surface area contributed by atoms with Crippen LogP contribution in [0.25, 0.3) is 22.6 Å². The summed E-state index contributed by atoms with van der Waals surface area (Å²) in [7, 11) is 0. The number of carbonyl (C=O) groups is 1. The summed E-state index contributed by atoms with van der Waals surface area (Å²) in [6, 6.07) is 11.6. The Morgan fingerprint density at radius 3 is 2.75 bits per heavy atom. The quantitative estimate of drug-likeness (QED) is 0.409. The van der Waals surface area contributed by atoms with Gasteiger partial charge in [0.2, 0.25) is 11.8 Å². The predicted molar refractivity (Wildman–Crippen MR) is 116 cm³/mol. The van der Waals surface area contributed by atoms with Gasteiger partial charge < -0.3 is 9.73 Å². The van der Waals surface area contributed by atoms with Crippen LogP contribution in [0, 0.1) is 0 Å². The molecule has 1 amide bonds. The normalized spacial score (nSPS) is 12.3. The van der Waals surface area contributed by atoms with Gasteiger partial charge in [-0.05, 0) is 54.7 Å². The number of hydrogen-bond donors (Lipinski definition) is 1. The molecule has 0 bridgehead atoms. The lowest BCUT2D eigenvalue weighted by atomic mass is 9.98. The van der Waals surface area contributed by atoms with Gasteiger partial charge in [0.05, 0.1) is 10.7 Å². The number of amides is 1. The minimum atomic E-state index is -0.0248. The number of anilines is 1. The molecule has 0 aliphatic carbocycles. The number of oxazole rings is 1. The van der Waals surface area contributed by atoms with E-state index in [0.717, 1.165) is 42.3 Å². The van der Waals surface area contributed by atoms with Crippen LogP contribution in [0.1, 0.15) is 64.4 Å². The topological polar surface area (TPSA) is 55.1 Å². The maximum absolute atomic E-state index is 12.1. The highest BCUT2D eigenvalue weighted by atomic mass is 35.5. The molecule has 4 nitrogen and oxygen atoms in total. The average Bonchev–Trinajstić information content (AvgIpc) is 3.12. The summed E-state index contributed by atoms with van der Waals surface area (Å²) < 4.78 is 5.93. The standard InChI is InChI=1S/C23H27ClN2O2/c1-4-6-7-8-22(27)25-19-14-17(9-11-18(19)24)23-26-20-13-16(15(3)5-2)10-12-21(20)28-23/h9-15H,4-8H2,1-3H3,(H,25,27)/t15-/m0/s1. The fourth-order valence-electron chi connectivity index (χ4n) is 3.11. The number of halogens is 1. The van der Waals surface area contributed by atoms with Crippen molar-refractivity contribution in [1.82, 2.24) is 4.98 Å². The van der Waals surface area contributed by atoms with Gasteiger partial charge in [-0.1, -0.05) is 51.3 Å². The molecular weight excluding hydrogens is 372 g/mol. The minimum absolute atomic E-state index is 0.0248. The SMILES string of the molecule is CCCCCC(=O)Nc1cc(-c2nc3cc([C@@H](C)CC)ccc3o2)ccc1Cl. The molecule has 1 heterocycles. The number of benzene rings is 2.